The van der Waals surface area contributed by atoms with E-state index in [-0.39, 0.29) is 11.8 Å². The van der Waals surface area contributed by atoms with Gasteiger partial charge in [0.1, 0.15) is 11.3 Å². The molecule has 1 aliphatic rings. The summed E-state index contributed by atoms with van der Waals surface area (Å²) in [4.78, 5) is 12.5. The van der Waals surface area contributed by atoms with Gasteiger partial charge in [0.2, 0.25) is 5.78 Å². The summed E-state index contributed by atoms with van der Waals surface area (Å²) in [7, 11) is 1.58. The van der Waals surface area contributed by atoms with Crippen molar-refractivity contribution < 1.29 is 9.53 Å². The van der Waals surface area contributed by atoms with E-state index in [1.54, 1.807) is 11.8 Å². The summed E-state index contributed by atoms with van der Waals surface area (Å²) in [5.74, 6) is -0.0394. The summed E-state index contributed by atoms with van der Waals surface area (Å²) in [6.45, 7) is 3.95. The van der Waals surface area contributed by atoms with Gasteiger partial charge in [-0.2, -0.15) is 5.10 Å². The third-order valence-corrected chi connectivity index (χ3v) is 3.70. The molecule has 1 aliphatic carbocycles. The lowest BCUT2D eigenvalue weighted by molar-refractivity contribution is -0.0455. The highest BCUT2D eigenvalue weighted by atomic mass is 35.5. The van der Waals surface area contributed by atoms with Crippen LogP contribution in [0.4, 0.5) is 0 Å². The molecule has 1 aromatic heterocycles. The second kappa shape index (κ2) is 4.42. The molecule has 0 N–H and O–H groups in total. The minimum atomic E-state index is -0.670. The van der Waals surface area contributed by atoms with Gasteiger partial charge in [-0.3, -0.25) is 9.48 Å². The second-order valence-corrected chi connectivity index (χ2v) is 5.17. The second-order valence-electron chi connectivity index (χ2n) is 4.76. The normalized spacial score (nSPS) is 18.2. The van der Waals surface area contributed by atoms with Crippen LogP contribution >= 0.6 is 11.6 Å². The fourth-order valence-corrected chi connectivity index (χ4v) is 2.40. The van der Waals surface area contributed by atoms with Crippen LogP contribution in [0, 0.1) is 0 Å². The van der Waals surface area contributed by atoms with Crippen molar-refractivity contribution in [3.63, 3.8) is 0 Å². The number of hydrogen-bond donors (Lipinski definition) is 0. The summed E-state index contributed by atoms with van der Waals surface area (Å²) in [6, 6.07) is 0.107. The lowest BCUT2D eigenvalue weighted by Crippen LogP contribution is -2.48. The Kier molecular flexibility index (Phi) is 3.27. The van der Waals surface area contributed by atoms with Crippen molar-refractivity contribution in [2.75, 3.05) is 7.11 Å². The van der Waals surface area contributed by atoms with Gasteiger partial charge < -0.3 is 4.74 Å². The molecule has 94 valence electrons. The quantitative estimate of drug-likeness (QED) is 0.778. The number of nitrogens with zero attached hydrogens (tertiary/aromatic N) is 2. The Morgan fingerprint density at radius 1 is 1.59 bits per heavy atom. The molecule has 0 unspecified atom stereocenters. The molecule has 1 fully saturated rings. The zero-order valence-electron chi connectivity index (χ0n) is 10.4. The standard InChI is InChI=1S/C12H17ClN2O2/c1-8(2)15-10(9(13)7-14-15)11(16)12(17-3)5-4-6-12/h7-8H,4-6H2,1-3H3. The van der Waals surface area contributed by atoms with Crippen molar-refractivity contribution >= 4 is 17.4 Å². The molecule has 0 aromatic carbocycles. The fourth-order valence-electron chi connectivity index (χ4n) is 2.18. The molecule has 1 heterocycles. The average Bonchev–Trinajstić information content (AvgIpc) is 2.59. The van der Waals surface area contributed by atoms with Gasteiger partial charge in [-0.25, -0.2) is 0 Å². The van der Waals surface area contributed by atoms with E-state index >= 15 is 0 Å². The summed E-state index contributed by atoms with van der Waals surface area (Å²) in [5.41, 5.74) is -0.195. The van der Waals surface area contributed by atoms with Crippen molar-refractivity contribution in [2.24, 2.45) is 0 Å². The number of aromatic nitrogens is 2. The van der Waals surface area contributed by atoms with Crippen molar-refractivity contribution in [2.45, 2.75) is 44.8 Å². The van der Waals surface area contributed by atoms with E-state index < -0.39 is 5.60 Å². The largest absolute Gasteiger partial charge is 0.370 e. The predicted molar refractivity (Wildman–Crippen MR) is 65.5 cm³/mol. The van der Waals surface area contributed by atoms with Gasteiger partial charge in [0, 0.05) is 13.2 Å². The molecular formula is C12H17ClN2O2. The summed E-state index contributed by atoms with van der Waals surface area (Å²) in [5, 5.41) is 4.56. The fraction of sp³-hybridized carbons (Fsp3) is 0.667. The third kappa shape index (κ3) is 1.89. The Hall–Kier alpha value is -0.870. The number of carbonyl (C=O) groups is 1. The maximum absolute atomic E-state index is 12.5. The van der Waals surface area contributed by atoms with E-state index in [1.807, 2.05) is 13.8 Å². The van der Waals surface area contributed by atoms with Crippen LogP contribution in [-0.2, 0) is 4.74 Å². The Labute approximate surface area is 106 Å². The average molecular weight is 257 g/mol. The first-order valence-corrected chi connectivity index (χ1v) is 6.22. The number of hydrogen-bond acceptors (Lipinski definition) is 3. The van der Waals surface area contributed by atoms with Crippen LogP contribution in [0.5, 0.6) is 0 Å². The first kappa shape index (κ1) is 12.6. The van der Waals surface area contributed by atoms with Crippen LogP contribution in [0.1, 0.15) is 49.6 Å². The van der Waals surface area contributed by atoms with E-state index in [2.05, 4.69) is 5.10 Å². The Morgan fingerprint density at radius 3 is 2.65 bits per heavy atom. The molecule has 0 atom stereocenters. The van der Waals surface area contributed by atoms with E-state index in [4.69, 9.17) is 16.3 Å². The van der Waals surface area contributed by atoms with Gasteiger partial charge in [-0.05, 0) is 33.1 Å². The third-order valence-electron chi connectivity index (χ3n) is 3.42. The molecule has 2 rings (SSSR count). The molecule has 0 amide bonds. The molecule has 1 aromatic rings. The highest BCUT2D eigenvalue weighted by Crippen LogP contribution is 2.39. The summed E-state index contributed by atoms with van der Waals surface area (Å²) in [6.07, 6.45) is 4.08. The van der Waals surface area contributed by atoms with Gasteiger partial charge in [-0.1, -0.05) is 11.6 Å². The molecule has 17 heavy (non-hydrogen) atoms. The van der Waals surface area contributed by atoms with E-state index in [0.29, 0.717) is 10.7 Å². The van der Waals surface area contributed by atoms with Gasteiger partial charge in [0.25, 0.3) is 0 Å². The maximum atomic E-state index is 12.5. The SMILES string of the molecule is COC1(C(=O)c2c(Cl)cnn2C(C)C)CCC1. The van der Waals surface area contributed by atoms with E-state index in [9.17, 15) is 4.79 Å². The molecule has 5 heteroatoms. The minimum absolute atomic E-state index is 0.0394. The number of methoxy groups -OCH3 is 1. The summed E-state index contributed by atoms with van der Waals surface area (Å²) >= 11 is 6.07. The molecule has 0 aliphatic heterocycles. The number of ether oxygens (including phenoxy) is 1. The van der Waals surface area contributed by atoms with Crippen molar-refractivity contribution in [1.29, 1.82) is 0 Å². The van der Waals surface area contributed by atoms with Gasteiger partial charge >= 0.3 is 0 Å². The zero-order chi connectivity index (χ0) is 12.6. The van der Waals surface area contributed by atoms with Crippen LogP contribution < -0.4 is 0 Å². The number of rotatable bonds is 4. The zero-order valence-corrected chi connectivity index (χ0v) is 11.1. The molecule has 0 spiro atoms. The van der Waals surface area contributed by atoms with Crippen LogP contribution in [-0.4, -0.2) is 28.3 Å². The lowest BCUT2D eigenvalue weighted by atomic mass is 9.76. The van der Waals surface area contributed by atoms with Crippen molar-refractivity contribution in [1.82, 2.24) is 9.78 Å². The topological polar surface area (TPSA) is 44.1 Å². The highest BCUT2D eigenvalue weighted by Gasteiger charge is 2.46. The Balaban J connectivity index is 2.39. The first-order valence-electron chi connectivity index (χ1n) is 5.85. The number of halogens is 1. The van der Waals surface area contributed by atoms with Crippen LogP contribution in [0.2, 0.25) is 5.02 Å². The molecule has 4 nitrogen and oxygen atoms in total. The van der Waals surface area contributed by atoms with Gasteiger partial charge in [0.15, 0.2) is 0 Å². The van der Waals surface area contributed by atoms with Crippen molar-refractivity contribution in [3.8, 4) is 0 Å². The molecular weight excluding hydrogens is 240 g/mol. The van der Waals surface area contributed by atoms with Crippen molar-refractivity contribution in [3.05, 3.63) is 16.9 Å². The highest BCUT2D eigenvalue weighted by molar-refractivity contribution is 6.34. The molecule has 1 saturated carbocycles. The maximum Gasteiger partial charge on any atom is 0.214 e. The number of ketones is 1. The summed E-state index contributed by atoms with van der Waals surface area (Å²) < 4.78 is 7.07. The smallest absolute Gasteiger partial charge is 0.214 e. The predicted octanol–water partition coefficient (Wildman–Crippen LogP) is 2.87. The van der Waals surface area contributed by atoms with Crippen LogP contribution in [0.3, 0.4) is 0 Å². The first-order chi connectivity index (χ1) is 8.02. The van der Waals surface area contributed by atoms with Gasteiger partial charge in [-0.15, -0.1) is 0 Å². The van der Waals surface area contributed by atoms with E-state index in [0.717, 1.165) is 19.3 Å². The molecule has 0 saturated heterocycles. The van der Waals surface area contributed by atoms with Crippen LogP contribution in [0.25, 0.3) is 0 Å². The van der Waals surface area contributed by atoms with E-state index in [1.165, 1.54) is 6.20 Å². The lowest BCUT2D eigenvalue weighted by Gasteiger charge is -2.38. The monoisotopic (exact) mass is 256 g/mol. The van der Waals surface area contributed by atoms with Crippen LogP contribution in [0.15, 0.2) is 6.20 Å². The number of Topliss-reactive ketones (excluding diaryl/α,β-unsaturated/α-hetero) is 1. The van der Waals surface area contributed by atoms with Gasteiger partial charge in [0.05, 0.1) is 11.2 Å². The Bertz CT molecular complexity index is 430. The number of carbonyl (C=O) groups excluding carboxylic acids is 1. The molecule has 0 radical (unpaired) electrons. The molecule has 0 bridgehead atoms. The minimum Gasteiger partial charge on any atom is -0.370 e. The Morgan fingerprint density at radius 2 is 2.24 bits per heavy atom.